The second-order valence-electron chi connectivity index (χ2n) is 11.0. The van der Waals surface area contributed by atoms with Gasteiger partial charge in [-0.15, -0.1) is 0 Å². The number of alkyl carbamates (subject to hydrolysis) is 1. The molecule has 0 aliphatic rings. The molecule has 0 aliphatic heterocycles. The van der Waals surface area contributed by atoms with E-state index in [1.54, 1.807) is 62.1 Å². The van der Waals surface area contributed by atoms with Crippen LogP contribution in [0.2, 0.25) is 0 Å². The van der Waals surface area contributed by atoms with Gasteiger partial charge in [0.1, 0.15) is 11.4 Å². The molecular weight excluding hydrogens is 544 g/mol. The molecule has 0 aromatic heterocycles. The smallest absolute Gasteiger partial charge is 0.407 e. The van der Waals surface area contributed by atoms with Gasteiger partial charge in [-0.25, -0.2) is 4.79 Å². The molecule has 2 N–H and O–H groups in total. The Kier molecular flexibility index (Phi) is 10.2. The molecule has 0 bridgehead atoms. The highest BCUT2D eigenvalue weighted by molar-refractivity contribution is 5.96. The molecule has 222 valence electrons. The Hall–Kier alpha value is -5.11. The maximum atomic E-state index is 13.4. The molecule has 2 amide bonds. The van der Waals surface area contributed by atoms with Gasteiger partial charge in [0.05, 0.1) is 18.7 Å². The summed E-state index contributed by atoms with van der Waals surface area (Å²) in [4.78, 5) is 38.3. The number of rotatable bonds is 11. The van der Waals surface area contributed by atoms with Crippen molar-refractivity contribution in [2.24, 2.45) is 0 Å². The number of para-hydroxylation sites is 2. The number of benzene rings is 4. The zero-order chi connectivity index (χ0) is 30.8. The quantitative estimate of drug-likeness (QED) is 0.190. The Labute approximate surface area is 251 Å². The molecular formula is C35H36N2O6. The number of nitrogens with one attached hydrogen (secondary N) is 1. The van der Waals surface area contributed by atoms with Crippen LogP contribution in [0.25, 0.3) is 11.1 Å². The van der Waals surface area contributed by atoms with E-state index in [1.807, 2.05) is 66.7 Å². The Balaban J connectivity index is 1.55. The maximum Gasteiger partial charge on any atom is 0.407 e. The third kappa shape index (κ3) is 9.46. The minimum atomic E-state index is -1.04. The summed E-state index contributed by atoms with van der Waals surface area (Å²) >= 11 is 0. The number of nitrogens with zero attached hydrogens (tertiary/aromatic N) is 1. The lowest BCUT2D eigenvalue weighted by molar-refractivity contribution is -0.138. The molecule has 0 spiro atoms. The topological polar surface area (TPSA) is 105 Å². The normalized spacial score (nSPS) is 11.0. The molecule has 0 fully saturated rings. The largest absolute Gasteiger partial charge is 0.481 e. The number of carbonyl (C=O) groups excluding carboxylic acids is 2. The summed E-state index contributed by atoms with van der Waals surface area (Å²) in [6.45, 7) is 5.87. The lowest BCUT2D eigenvalue weighted by Crippen LogP contribution is -2.32. The van der Waals surface area contributed by atoms with Crippen molar-refractivity contribution in [3.8, 4) is 22.6 Å². The Morgan fingerprint density at radius 1 is 0.767 bits per heavy atom. The van der Waals surface area contributed by atoms with E-state index >= 15 is 0 Å². The first-order chi connectivity index (χ1) is 20.6. The van der Waals surface area contributed by atoms with Crippen molar-refractivity contribution in [1.29, 1.82) is 0 Å². The molecule has 8 heteroatoms. The number of hydrogen-bond acceptors (Lipinski definition) is 5. The fraction of sp³-hybridized carbons (Fsp3) is 0.229. The number of hydrogen-bond donors (Lipinski definition) is 2. The van der Waals surface area contributed by atoms with Crippen LogP contribution in [0.15, 0.2) is 103 Å². The van der Waals surface area contributed by atoms with E-state index in [2.05, 4.69) is 5.32 Å². The Morgan fingerprint density at radius 2 is 1.44 bits per heavy atom. The van der Waals surface area contributed by atoms with E-state index in [-0.39, 0.29) is 31.8 Å². The van der Waals surface area contributed by atoms with Crippen molar-refractivity contribution >= 4 is 23.7 Å². The molecule has 0 heterocycles. The number of aliphatic carboxylic acids is 1. The number of carboxylic acids is 1. The number of carboxylic acid groups (broad SMARTS) is 1. The fourth-order valence-electron chi connectivity index (χ4n) is 4.37. The predicted octanol–water partition coefficient (Wildman–Crippen LogP) is 7.57. The van der Waals surface area contributed by atoms with Gasteiger partial charge in [0.15, 0.2) is 5.75 Å². The zero-order valence-electron chi connectivity index (χ0n) is 24.6. The van der Waals surface area contributed by atoms with E-state index in [0.717, 1.165) is 22.3 Å². The number of carbonyl (C=O) groups is 3. The van der Waals surface area contributed by atoms with E-state index in [1.165, 1.54) is 0 Å². The number of anilines is 1. The molecule has 0 saturated carbocycles. The fourth-order valence-corrected chi connectivity index (χ4v) is 4.37. The first kappa shape index (κ1) is 30.8. The van der Waals surface area contributed by atoms with Crippen molar-refractivity contribution in [2.75, 3.05) is 4.90 Å². The van der Waals surface area contributed by atoms with Crippen molar-refractivity contribution in [2.45, 2.75) is 52.3 Å². The van der Waals surface area contributed by atoms with E-state index in [0.29, 0.717) is 17.2 Å². The van der Waals surface area contributed by atoms with Gasteiger partial charge in [-0.3, -0.25) is 9.59 Å². The van der Waals surface area contributed by atoms with Crippen LogP contribution in [-0.2, 0) is 27.4 Å². The Morgan fingerprint density at radius 3 is 2.14 bits per heavy atom. The monoisotopic (exact) mass is 580 g/mol. The molecule has 4 aromatic rings. The predicted molar refractivity (Wildman–Crippen MR) is 166 cm³/mol. The number of ether oxygens (including phenoxy) is 2. The van der Waals surface area contributed by atoms with Gasteiger partial charge < -0.3 is 24.8 Å². The van der Waals surface area contributed by atoms with Crippen LogP contribution >= 0.6 is 0 Å². The maximum absolute atomic E-state index is 13.4. The second kappa shape index (κ2) is 14.2. The molecule has 0 aliphatic carbocycles. The van der Waals surface area contributed by atoms with Crippen LogP contribution in [0.4, 0.5) is 10.5 Å². The minimum absolute atomic E-state index is 0.155. The van der Waals surface area contributed by atoms with Crippen LogP contribution in [0, 0.1) is 0 Å². The first-order valence-electron chi connectivity index (χ1n) is 14.1. The second-order valence-corrected chi connectivity index (χ2v) is 11.0. The molecule has 4 rings (SSSR count). The van der Waals surface area contributed by atoms with Crippen LogP contribution in [-0.4, -0.2) is 28.7 Å². The van der Waals surface area contributed by atoms with Gasteiger partial charge in [-0.05, 0) is 67.3 Å². The summed E-state index contributed by atoms with van der Waals surface area (Å²) < 4.78 is 11.6. The molecule has 0 saturated heterocycles. The molecule has 43 heavy (non-hydrogen) atoms. The third-order valence-electron chi connectivity index (χ3n) is 6.37. The highest BCUT2D eigenvalue weighted by Crippen LogP contribution is 2.34. The lowest BCUT2D eigenvalue weighted by Gasteiger charge is -2.25. The Bertz CT molecular complexity index is 1540. The standard InChI is InChI=1S/C35H36N2O6/c1-35(2,3)43-34(41)36-23-26-10-9-13-29(22-26)42-31-15-8-7-14-30(31)37(32(38)20-21-33(39)40)24-25-16-18-28(19-17-25)27-11-5-4-6-12-27/h4-19,22H,20-21,23-24H2,1-3H3,(H,36,41)(H,39,40). The molecule has 0 unspecified atom stereocenters. The van der Waals surface area contributed by atoms with Crippen molar-refractivity contribution in [3.63, 3.8) is 0 Å². The van der Waals surface area contributed by atoms with Crippen molar-refractivity contribution in [3.05, 3.63) is 114 Å². The highest BCUT2D eigenvalue weighted by atomic mass is 16.6. The van der Waals surface area contributed by atoms with E-state index < -0.39 is 17.7 Å². The molecule has 0 atom stereocenters. The lowest BCUT2D eigenvalue weighted by atomic mass is 10.0. The summed E-state index contributed by atoms with van der Waals surface area (Å²) in [5, 5.41) is 12.0. The summed E-state index contributed by atoms with van der Waals surface area (Å²) in [6.07, 6.45) is -0.952. The van der Waals surface area contributed by atoms with Crippen LogP contribution < -0.4 is 15.0 Å². The summed E-state index contributed by atoms with van der Waals surface area (Å²) in [5.74, 6) is -0.423. The summed E-state index contributed by atoms with van der Waals surface area (Å²) in [5.41, 5.74) is 3.74. The van der Waals surface area contributed by atoms with Gasteiger partial charge in [0.2, 0.25) is 5.91 Å². The number of amides is 2. The van der Waals surface area contributed by atoms with Crippen LogP contribution in [0.1, 0.15) is 44.7 Å². The van der Waals surface area contributed by atoms with Crippen molar-refractivity contribution < 1.29 is 29.0 Å². The van der Waals surface area contributed by atoms with Gasteiger partial charge in [0.25, 0.3) is 0 Å². The van der Waals surface area contributed by atoms with Gasteiger partial charge in [-0.2, -0.15) is 0 Å². The SMILES string of the molecule is CC(C)(C)OC(=O)NCc1cccc(Oc2ccccc2N(Cc2ccc(-c3ccccc3)cc2)C(=O)CCC(=O)O)c1. The minimum Gasteiger partial charge on any atom is -0.481 e. The molecule has 4 aromatic carbocycles. The van der Waals surface area contributed by atoms with Gasteiger partial charge in [-0.1, -0.05) is 78.9 Å². The van der Waals surface area contributed by atoms with E-state index in [4.69, 9.17) is 9.47 Å². The summed E-state index contributed by atoms with van der Waals surface area (Å²) in [7, 11) is 0. The zero-order valence-corrected chi connectivity index (χ0v) is 24.6. The molecule has 0 radical (unpaired) electrons. The molecule has 8 nitrogen and oxygen atoms in total. The van der Waals surface area contributed by atoms with Crippen LogP contribution in [0.3, 0.4) is 0 Å². The van der Waals surface area contributed by atoms with Crippen molar-refractivity contribution in [1.82, 2.24) is 5.32 Å². The van der Waals surface area contributed by atoms with Gasteiger partial charge in [0, 0.05) is 13.0 Å². The van der Waals surface area contributed by atoms with Gasteiger partial charge >= 0.3 is 12.1 Å². The van der Waals surface area contributed by atoms with E-state index in [9.17, 15) is 19.5 Å². The van der Waals surface area contributed by atoms with Crippen LogP contribution in [0.5, 0.6) is 11.5 Å². The highest BCUT2D eigenvalue weighted by Gasteiger charge is 2.21. The average molecular weight is 581 g/mol. The summed E-state index contributed by atoms with van der Waals surface area (Å²) in [6, 6.07) is 32.3. The first-order valence-corrected chi connectivity index (χ1v) is 14.1. The third-order valence-corrected chi connectivity index (χ3v) is 6.37. The average Bonchev–Trinajstić information content (AvgIpc) is 2.98.